The van der Waals surface area contributed by atoms with Crippen molar-refractivity contribution in [2.45, 2.75) is 13.5 Å². The molecule has 0 bridgehead atoms. The zero-order valence-corrected chi connectivity index (χ0v) is 10.6. The lowest BCUT2D eigenvalue weighted by molar-refractivity contribution is 0.131. The van der Waals surface area contributed by atoms with Crippen molar-refractivity contribution in [2.75, 3.05) is 0 Å². The van der Waals surface area contributed by atoms with Crippen LogP contribution in [-0.2, 0) is 11.4 Å². The number of nitriles is 1. The molecule has 0 saturated carbocycles. The summed E-state index contributed by atoms with van der Waals surface area (Å²) in [6, 6.07) is 17.2. The van der Waals surface area contributed by atoms with E-state index in [9.17, 15) is 0 Å². The van der Waals surface area contributed by atoms with Gasteiger partial charge in [-0.2, -0.15) is 5.26 Å². The molecule has 2 aromatic carbocycles. The molecule has 0 aliphatic rings. The fraction of sp³-hybridized carbons (Fsp3) is 0.125. The standard InChI is InChI=1S/C16H13N2O/c1-13-6-2-3-9-16(13)12-19-18-11-15-8-5-4-7-14(15)10-17/h2-9H,12H2,1H3. The first-order valence-corrected chi connectivity index (χ1v) is 5.93. The van der Waals surface area contributed by atoms with Gasteiger partial charge in [0.25, 0.3) is 0 Å². The Morgan fingerprint density at radius 2 is 1.74 bits per heavy atom. The van der Waals surface area contributed by atoms with Gasteiger partial charge in [0, 0.05) is 5.56 Å². The van der Waals surface area contributed by atoms with Crippen LogP contribution in [-0.4, -0.2) is 6.21 Å². The Bertz CT molecular complexity index is 627. The van der Waals surface area contributed by atoms with E-state index in [0.717, 1.165) is 11.1 Å². The molecule has 0 saturated heterocycles. The third kappa shape index (κ3) is 3.43. The molecule has 1 radical (unpaired) electrons. The molecule has 0 atom stereocenters. The van der Waals surface area contributed by atoms with E-state index in [4.69, 9.17) is 10.1 Å². The third-order valence-electron chi connectivity index (χ3n) is 2.76. The first kappa shape index (κ1) is 12.8. The lowest BCUT2D eigenvalue weighted by Crippen LogP contribution is -1.92. The Morgan fingerprint density at radius 1 is 1.05 bits per heavy atom. The predicted molar refractivity (Wildman–Crippen MR) is 73.7 cm³/mol. The van der Waals surface area contributed by atoms with Crippen LogP contribution in [0.1, 0.15) is 22.3 Å². The Morgan fingerprint density at radius 3 is 2.47 bits per heavy atom. The maximum Gasteiger partial charge on any atom is 0.142 e. The lowest BCUT2D eigenvalue weighted by atomic mass is 10.1. The molecule has 3 heteroatoms. The summed E-state index contributed by atoms with van der Waals surface area (Å²) < 4.78 is 0. The number of hydrogen-bond acceptors (Lipinski definition) is 3. The summed E-state index contributed by atoms with van der Waals surface area (Å²) in [6.07, 6.45) is 2.73. The van der Waals surface area contributed by atoms with Gasteiger partial charge < -0.3 is 4.84 Å². The molecule has 0 spiro atoms. The first-order chi connectivity index (χ1) is 9.31. The van der Waals surface area contributed by atoms with Gasteiger partial charge in [-0.1, -0.05) is 47.6 Å². The Labute approximate surface area is 112 Å². The number of rotatable bonds is 4. The van der Waals surface area contributed by atoms with Crippen molar-refractivity contribution in [3.05, 3.63) is 70.8 Å². The van der Waals surface area contributed by atoms with Crippen LogP contribution < -0.4 is 0 Å². The van der Waals surface area contributed by atoms with Gasteiger partial charge in [-0.25, -0.2) is 0 Å². The zero-order valence-electron chi connectivity index (χ0n) is 10.6. The second-order valence-corrected chi connectivity index (χ2v) is 4.06. The summed E-state index contributed by atoms with van der Waals surface area (Å²) >= 11 is 0. The van der Waals surface area contributed by atoms with E-state index in [-0.39, 0.29) is 0 Å². The summed E-state index contributed by atoms with van der Waals surface area (Å²) in [6.45, 7) is 2.42. The summed E-state index contributed by atoms with van der Waals surface area (Å²) in [5.74, 6) is 0. The maximum atomic E-state index is 8.92. The van der Waals surface area contributed by atoms with Crippen LogP contribution in [0, 0.1) is 18.3 Å². The maximum absolute atomic E-state index is 8.92. The van der Waals surface area contributed by atoms with E-state index in [1.807, 2.05) is 37.3 Å². The van der Waals surface area contributed by atoms with Gasteiger partial charge in [-0.15, -0.1) is 0 Å². The minimum absolute atomic E-state index is 0.397. The smallest absolute Gasteiger partial charge is 0.142 e. The first-order valence-electron chi connectivity index (χ1n) is 5.93. The van der Waals surface area contributed by atoms with Gasteiger partial charge in [-0.05, 0) is 24.1 Å². The van der Waals surface area contributed by atoms with Gasteiger partial charge in [0.1, 0.15) is 12.8 Å². The van der Waals surface area contributed by atoms with Gasteiger partial charge in [-0.3, -0.25) is 0 Å². The Kier molecular flexibility index (Phi) is 4.30. The van der Waals surface area contributed by atoms with E-state index >= 15 is 0 Å². The van der Waals surface area contributed by atoms with Crippen LogP contribution in [0.25, 0.3) is 0 Å². The highest BCUT2D eigenvalue weighted by molar-refractivity contribution is 5.82. The van der Waals surface area contributed by atoms with Gasteiger partial charge >= 0.3 is 0 Å². The van der Waals surface area contributed by atoms with Crippen LogP contribution >= 0.6 is 0 Å². The molecule has 2 aromatic rings. The molecule has 93 valence electrons. The molecule has 0 aromatic heterocycles. The number of nitrogens with zero attached hydrogens (tertiary/aromatic N) is 2. The molecule has 0 heterocycles. The average Bonchev–Trinajstić information content (AvgIpc) is 2.45. The minimum Gasteiger partial charge on any atom is -0.390 e. The quantitative estimate of drug-likeness (QED) is 0.616. The number of aryl methyl sites for hydroxylation is 1. The Balaban J connectivity index is 1.98. The molecule has 0 aliphatic carbocycles. The summed E-state index contributed by atoms with van der Waals surface area (Å²) in [4.78, 5) is 5.21. The highest BCUT2D eigenvalue weighted by Crippen LogP contribution is 2.09. The van der Waals surface area contributed by atoms with Gasteiger partial charge in [0.15, 0.2) is 0 Å². The van der Waals surface area contributed by atoms with E-state index in [0.29, 0.717) is 17.7 Å². The molecule has 0 amide bonds. The summed E-state index contributed by atoms with van der Waals surface area (Å²) in [5, 5.41) is 12.7. The van der Waals surface area contributed by atoms with E-state index in [2.05, 4.69) is 17.4 Å². The van der Waals surface area contributed by atoms with Gasteiger partial charge in [0.2, 0.25) is 0 Å². The molecule has 2 rings (SSSR count). The van der Waals surface area contributed by atoms with Crippen molar-refractivity contribution < 1.29 is 4.84 Å². The lowest BCUT2D eigenvalue weighted by Gasteiger charge is -2.03. The van der Waals surface area contributed by atoms with Gasteiger partial charge in [0.05, 0.1) is 11.6 Å². The van der Waals surface area contributed by atoms with Crippen molar-refractivity contribution in [1.29, 1.82) is 5.26 Å². The second-order valence-electron chi connectivity index (χ2n) is 4.06. The molecular formula is C16H13N2O. The molecular weight excluding hydrogens is 236 g/mol. The molecule has 0 unspecified atom stereocenters. The monoisotopic (exact) mass is 249 g/mol. The molecule has 0 aliphatic heterocycles. The van der Waals surface area contributed by atoms with E-state index in [1.165, 1.54) is 0 Å². The van der Waals surface area contributed by atoms with Crippen molar-refractivity contribution in [3.63, 3.8) is 0 Å². The molecule has 19 heavy (non-hydrogen) atoms. The minimum atomic E-state index is 0.397. The topological polar surface area (TPSA) is 45.4 Å². The van der Waals surface area contributed by atoms with Crippen molar-refractivity contribution in [2.24, 2.45) is 5.16 Å². The molecule has 3 nitrogen and oxygen atoms in total. The summed E-state index contributed by atoms with van der Waals surface area (Å²) in [7, 11) is 0. The van der Waals surface area contributed by atoms with Crippen LogP contribution in [0.15, 0.2) is 53.7 Å². The number of hydrogen-bond donors (Lipinski definition) is 0. The summed E-state index contributed by atoms with van der Waals surface area (Å²) in [5.41, 5.74) is 3.41. The van der Waals surface area contributed by atoms with Crippen molar-refractivity contribution in [3.8, 4) is 6.07 Å². The highest BCUT2D eigenvalue weighted by Gasteiger charge is 1.99. The van der Waals surface area contributed by atoms with E-state index in [1.54, 1.807) is 18.2 Å². The van der Waals surface area contributed by atoms with Crippen LogP contribution in [0.4, 0.5) is 0 Å². The zero-order chi connectivity index (χ0) is 13.5. The van der Waals surface area contributed by atoms with Crippen molar-refractivity contribution >= 4 is 6.21 Å². The van der Waals surface area contributed by atoms with Crippen molar-refractivity contribution in [1.82, 2.24) is 0 Å². The average molecular weight is 249 g/mol. The molecule has 0 fully saturated rings. The third-order valence-corrected chi connectivity index (χ3v) is 2.76. The Hall–Kier alpha value is -2.60. The second kappa shape index (κ2) is 6.36. The highest BCUT2D eigenvalue weighted by atomic mass is 16.6. The SMILES string of the molecule is Cc1ccccc1CO/N=[C]\c1ccccc1C#N. The predicted octanol–water partition coefficient (Wildman–Crippen LogP) is 3.29. The molecule has 0 N–H and O–H groups in total. The fourth-order valence-corrected chi connectivity index (χ4v) is 1.63. The van der Waals surface area contributed by atoms with Crippen LogP contribution in [0.3, 0.4) is 0 Å². The number of benzene rings is 2. The fourth-order valence-electron chi connectivity index (χ4n) is 1.63. The normalized spacial score (nSPS) is 10.3. The van der Waals surface area contributed by atoms with Crippen LogP contribution in [0.2, 0.25) is 0 Å². The largest absolute Gasteiger partial charge is 0.390 e. The van der Waals surface area contributed by atoms with E-state index < -0.39 is 0 Å². The van der Waals surface area contributed by atoms with Crippen LogP contribution in [0.5, 0.6) is 0 Å².